The second-order valence-corrected chi connectivity index (χ2v) is 7.98. The predicted molar refractivity (Wildman–Crippen MR) is 108 cm³/mol. The second-order valence-electron chi connectivity index (χ2n) is 7.98. The second kappa shape index (κ2) is 13.8. The van der Waals surface area contributed by atoms with E-state index >= 15 is 0 Å². The van der Waals surface area contributed by atoms with E-state index in [9.17, 15) is 9.90 Å². The van der Waals surface area contributed by atoms with Crippen molar-refractivity contribution in [2.75, 3.05) is 26.7 Å². The van der Waals surface area contributed by atoms with Gasteiger partial charge in [0.15, 0.2) is 0 Å². The lowest BCUT2D eigenvalue weighted by molar-refractivity contribution is -0.914. The molecule has 0 amide bonds. The number of carbonyl (C=O) groups is 1. The molecule has 1 aliphatic heterocycles. The van der Waals surface area contributed by atoms with Gasteiger partial charge in [0.05, 0.1) is 32.7 Å². The predicted octanol–water partition coefficient (Wildman–Crippen LogP) is 4.81. The van der Waals surface area contributed by atoms with E-state index in [0.29, 0.717) is 0 Å². The van der Waals surface area contributed by atoms with Crippen molar-refractivity contribution in [3.63, 3.8) is 0 Å². The van der Waals surface area contributed by atoms with E-state index in [2.05, 4.69) is 14.0 Å². The Balaban J connectivity index is 0.000000314. The smallest absolute Gasteiger partial charge is 0.0784 e. The van der Waals surface area contributed by atoms with Gasteiger partial charge in [0.25, 0.3) is 0 Å². The maximum Gasteiger partial charge on any atom is 0.0784 e. The lowest BCUT2D eigenvalue weighted by Crippen LogP contribution is -2.48. The lowest BCUT2D eigenvalue weighted by atomic mass is 10.1. The molecule has 0 aliphatic carbocycles. The minimum Gasteiger partial charge on any atom is -0.545 e. The van der Waals surface area contributed by atoms with Crippen LogP contribution in [0.15, 0.2) is 30.3 Å². The molecule has 0 spiro atoms. The number of rotatable bonds is 10. The zero-order valence-electron chi connectivity index (χ0n) is 17.0. The highest BCUT2D eigenvalue weighted by Gasteiger charge is 2.23. The summed E-state index contributed by atoms with van der Waals surface area (Å²) in [6.07, 6.45) is 16.0. The van der Waals surface area contributed by atoms with E-state index in [4.69, 9.17) is 0 Å². The van der Waals surface area contributed by atoms with Gasteiger partial charge in [-0.15, -0.1) is 0 Å². The van der Waals surface area contributed by atoms with Gasteiger partial charge in [-0.2, -0.15) is 0 Å². The molecule has 0 N–H and O–H groups in total. The van der Waals surface area contributed by atoms with E-state index in [0.717, 1.165) is 0 Å². The maximum atomic E-state index is 10.1. The van der Waals surface area contributed by atoms with Crippen molar-refractivity contribution in [2.45, 2.75) is 77.6 Å². The Morgan fingerprint density at radius 3 is 1.92 bits per heavy atom. The first kappa shape index (κ1) is 22.7. The summed E-state index contributed by atoms with van der Waals surface area (Å²) in [4.78, 5) is 10.1. The zero-order valence-corrected chi connectivity index (χ0v) is 17.0. The number of benzene rings is 1. The number of carboxylic acids is 1. The molecular formula is C23H39NO2. The molecule has 0 aromatic heterocycles. The van der Waals surface area contributed by atoms with Gasteiger partial charge in [0, 0.05) is 0 Å². The van der Waals surface area contributed by atoms with Crippen molar-refractivity contribution in [1.29, 1.82) is 0 Å². The molecule has 1 fully saturated rings. The summed E-state index contributed by atoms with van der Waals surface area (Å²) in [7, 11) is 2.47. The standard InChI is InChI=1S/C16H34N.C7H6O2/c1-3-4-5-6-7-8-9-11-14-17(2)15-12-10-13-16-17;8-7(9)6-4-2-1-3-5-6/h3-16H2,1-2H3;1-5H,(H,8,9)/q+1;/p-1. The lowest BCUT2D eigenvalue weighted by Gasteiger charge is -2.37. The van der Waals surface area contributed by atoms with Gasteiger partial charge in [-0.05, 0) is 37.7 Å². The molecule has 0 unspecified atom stereocenters. The number of aromatic carboxylic acids is 1. The summed E-state index contributed by atoms with van der Waals surface area (Å²) >= 11 is 0. The van der Waals surface area contributed by atoms with E-state index in [1.165, 1.54) is 107 Å². The molecule has 3 heteroatoms. The molecule has 1 saturated heterocycles. The van der Waals surface area contributed by atoms with Crippen LogP contribution >= 0.6 is 0 Å². The van der Waals surface area contributed by atoms with Crippen LogP contribution in [0.3, 0.4) is 0 Å². The molecule has 148 valence electrons. The summed E-state index contributed by atoms with van der Waals surface area (Å²) in [6, 6.07) is 8.06. The third-order valence-corrected chi connectivity index (χ3v) is 5.46. The average molecular weight is 362 g/mol. The van der Waals surface area contributed by atoms with Gasteiger partial charge in [0.2, 0.25) is 0 Å². The number of hydrogen-bond acceptors (Lipinski definition) is 2. The van der Waals surface area contributed by atoms with Crippen LogP contribution in [0.4, 0.5) is 0 Å². The van der Waals surface area contributed by atoms with E-state index < -0.39 is 5.97 Å². The highest BCUT2D eigenvalue weighted by molar-refractivity contribution is 5.85. The Morgan fingerprint density at radius 1 is 0.885 bits per heavy atom. The molecule has 0 radical (unpaired) electrons. The molecule has 1 heterocycles. The third-order valence-electron chi connectivity index (χ3n) is 5.46. The summed E-state index contributed by atoms with van der Waals surface area (Å²) < 4.78 is 1.37. The van der Waals surface area contributed by atoms with Gasteiger partial charge in [-0.25, -0.2) is 0 Å². The van der Waals surface area contributed by atoms with Crippen molar-refractivity contribution >= 4 is 5.97 Å². The summed E-state index contributed by atoms with van der Waals surface area (Å²) in [6.45, 7) is 6.62. The fraction of sp³-hybridized carbons (Fsp3) is 0.696. The normalized spacial score (nSPS) is 15.8. The number of nitrogens with zero attached hydrogens (tertiary/aromatic N) is 1. The topological polar surface area (TPSA) is 40.1 Å². The van der Waals surface area contributed by atoms with Gasteiger partial charge in [0.1, 0.15) is 0 Å². The number of unbranched alkanes of at least 4 members (excludes halogenated alkanes) is 7. The SMILES string of the molecule is CCCCCCCCCC[N+]1(C)CCCCC1.O=C([O-])c1ccccc1. The van der Waals surface area contributed by atoms with Crippen LogP contribution in [0, 0.1) is 0 Å². The van der Waals surface area contributed by atoms with Crippen molar-refractivity contribution in [1.82, 2.24) is 0 Å². The van der Waals surface area contributed by atoms with Crippen molar-refractivity contribution in [3.05, 3.63) is 35.9 Å². The molecule has 0 atom stereocenters. The summed E-state index contributed by atoms with van der Waals surface area (Å²) in [5, 5.41) is 10.1. The molecular weight excluding hydrogens is 322 g/mol. The maximum absolute atomic E-state index is 10.1. The van der Waals surface area contributed by atoms with Gasteiger partial charge < -0.3 is 14.4 Å². The van der Waals surface area contributed by atoms with Crippen LogP contribution < -0.4 is 5.11 Å². The largest absolute Gasteiger partial charge is 0.545 e. The first-order chi connectivity index (χ1) is 12.6. The summed E-state index contributed by atoms with van der Waals surface area (Å²) in [5.41, 5.74) is 0.220. The molecule has 2 rings (SSSR count). The Kier molecular flexibility index (Phi) is 12.0. The number of quaternary nitrogens is 1. The Labute approximate surface area is 161 Å². The molecule has 1 aliphatic rings. The minimum atomic E-state index is -1.13. The van der Waals surface area contributed by atoms with Crippen LogP contribution in [0.1, 0.15) is 87.9 Å². The summed E-state index contributed by atoms with van der Waals surface area (Å²) in [5.74, 6) is -1.13. The van der Waals surface area contributed by atoms with E-state index in [1.807, 2.05) is 0 Å². The van der Waals surface area contributed by atoms with Crippen LogP contribution in [0.25, 0.3) is 0 Å². The fourth-order valence-corrected chi connectivity index (χ4v) is 3.70. The van der Waals surface area contributed by atoms with E-state index in [1.54, 1.807) is 18.2 Å². The number of likely N-dealkylation sites (tertiary alicyclic amines) is 1. The van der Waals surface area contributed by atoms with Crippen LogP contribution in [0.5, 0.6) is 0 Å². The number of carboxylic acid groups (broad SMARTS) is 1. The highest BCUT2D eigenvalue weighted by Crippen LogP contribution is 2.18. The fourth-order valence-electron chi connectivity index (χ4n) is 3.70. The van der Waals surface area contributed by atoms with E-state index in [-0.39, 0.29) is 5.56 Å². The highest BCUT2D eigenvalue weighted by atomic mass is 16.4. The Bertz CT molecular complexity index is 466. The first-order valence-electron chi connectivity index (χ1n) is 10.7. The zero-order chi connectivity index (χ0) is 19.1. The van der Waals surface area contributed by atoms with Crippen molar-refractivity contribution in [2.24, 2.45) is 0 Å². The molecule has 3 nitrogen and oxygen atoms in total. The Hall–Kier alpha value is -1.35. The first-order valence-corrected chi connectivity index (χ1v) is 10.7. The molecule has 1 aromatic rings. The van der Waals surface area contributed by atoms with Crippen molar-refractivity contribution < 1.29 is 14.4 Å². The number of carbonyl (C=O) groups excluding carboxylic acids is 1. The minimum absolute atomic E-state index is 0.220. The molecule has 26 heavy (non-hydrogen) atoms. The average Bonchev–Trinajstić information content (AvgIpc) is 2.66. The van der Waals surface area contributed by atoms with Gasteiger partial charge in [-0.3, -0.25) is 0 Å². The van der Waals surface area contributed by atoms with Crippen LogP contribution in [0.2, 0.25) is 0 Å². The monoisotopic (exact) mass is 361 g/mol. The van der Waals surface area contributed by atoms with Gasteiger partial charge >= 0.3 is 0 Å². The van der Waals surface area contributed by atoms with Crippen LogP contribution in [-0.4, -0.2) is 37.1 Å². The third kappa shape index (κ3) is 10.6. The molecule has 0 bridgehead atoms. The van der Waals surface area contributed by atoms with Crippen molar-refractivity contribution in [3.8, 4) is 0 Å². The number of piperidine rings is 1. The number of hydrogen-bond donors (Lipinski definition) is 0. The molecule has 1 aromatic carbocycles. The quantitative estimate of drug-likeness (QED) is 0.443. The molecule has 0 saturated carbocycles. The Morgan fingerprint density at radius 2 is 1.42 bits per heavy atom. The van der Waals surface area contributed by atoms with Crippen LogP contribution in [-0.2, 0) is 0 Å². The van der Waals surface area contributed by atoms with Gasteiger partial charge in [-0.1, -0.05) is 75.8 Å².